The predicted octanol–water partition coefficient (Wildman–Crippen LogP) is 4.33. The van der Waals surface area contributed by atoms with Crippen LogP contribution in [0.25, 0.3) is 0 Å². The molecule has 0 saturated carbocycles. The van der Waals surface area contributed by atoms with E-state index in [2.05, 4.69) is 10.6 Å². The maximum Gasteiger partial charge on any atom is 0.411 e. The molecule has 2 N–H and O–H groups in total. The number of aryl methyl sites for hydroxylation is 1. The van der Waals surface area contributed by atoms with Gasteiger partial charge < -0.3 is 15.4 Å². The van der Waals surface area contributed by atoms with Gasteiger partial charge in [-0.05, 0) is 35.7 Å². The van der Waals surface area contributed by atoms with Gasteiger partial charge in [0, 0.05) is 19.2 Å². The number of benzene rings is 3. The Morgan fingerprint density at radius 3 is 2.38 bits per heavy atom. The highest BCUT2D eigenvalue weighted by Gasteiger charge is 2.47. The zero-order valence-corrected chi connectivity index (χ0v) is 19.2. The fourth-order valence-corrected chi connectivity index (χ4v) is 3.99. The minimum Gasteiger partial charge on any atom is -0.438 e. The summed E-state index contributed by atoms with van der Waals surface area (Å²) in [4.78, 5) is 39.3. The molecular weight excluding hydrogens is 430 g/mol. The van der Waals surface area contributed by atoms with Gasteiger partial charge >= 0.3 is 6.09 Å². The molecule has 34 heavy (non-hydrogen) atoms. The minimum absolute atomic E-state index is 0.210. The monoisotopic (exact) mass is 457 g/mol. The third-order valence-corrected chi connectivity index (χ3v) is 5.67. The average Bonchev–Trinajstić information content (AvgIpc) is 3.15. The third-order valence-electron chi connectivity index (χ3n) is 5.67. The number of hydrogen-bond acceptors (Lipinski definition) is 4. The second-order valence-corrected chi connectivity index (χ2v) is 8.37. The van der Waals surface area contributed by atoms with E-state index in [-0.39, 0.29) is 18.4 Å². The van der Waals surface area contributed by atoms with Crippen molar-refractivity contribution in [2.45, 2.75) is 39.1 Å². The minimum atomic E-state index is -0.870. The molecule has 3 amide bonds. The Morgan fingerprint density at radius 2 is 1.68 bits per heavy atom. The van der Waals surface area contributed by atoms with Gasteiger partial charge in [0.15, 0.2) is 12.1 Å². The summed E-state index contributed by atoms with van der Waals surface area (Å²) in [7, 11) is 0. The zero-order chi connectivity index (χ0) is 24.1. The predicted molar refractivity (Wildman–Crippen MR) is 129 cm³/mol. The van der Waals surface area contributed by atoms with Crippen molar-refractivity contribution in [2.75, 3.05) is 5.32 Å². The van der Waals surface area contributed by atoms with E-state index >= 15 is 0 Å². The standard InChI is InChI=1S/C27H27N3O4/c1-18-11-13-21(14-12-18)17-30-24(26(32)28-16-20-7-4-3-5-8-20)25(34-27(30)33)22-9-6-10-23(15-22)29-19(2)31/h3-15,24-25H,16-17H2,1-2H3,(H,28,32)(H,29,31). The molecule has 3 aromatic carbocycles. The van der Waals surface area contributed by atoms with Crippen molar-refractivity contribution in [1.29, 1.82) is 0 Å². The Hall–Kier alpha value is -4.13. The second kappa shape index (κ2) is 10.2. The van der Waals surface area contributed by atoms with E-state index in [0.717, 1.165) is 16.7 Å². The van der Waals surface area contributed by atoms with Gasteiger partial charge in [0.1, 0.15) is 0 Å². The van der Waals surface area contributed by atoms with Crippen LogP contribution in [0.4, 0.5) is 10.5 Å². The van der Waals surface area contributed by atoms with Crippen molar-refractivity contribution in [1.82, 2.24) is 10.2 Å². The maximum absolute atomic E-state index is 13.4. The van der Waals surface area contributed by atoms with Gasteiger partial charge in [-0.3, -0.25) is 14.5 Å². The van der Waals surface area contributed by atoms with E-state index < -0.39 is 18.2 Å². The van der Waals surface area contributed by atoms with Gasteiger partial charge in [0.25, 0.3) is 0 Å². The molecule has 1 fully saturated rings. The summed E-state index contributed by atoms with van der Waals surface area (Å²) in [5, 5.41) is 5.68. The molecule has 7 nitrogen and oxygen atoms in total. The number of rotatable bonds is 7. The first-order chi connectivity index (χ1) is 16.4. The van der Waals surface area contributed by atoms with Crippen LogP contribution < -0.4 is 10.6 Å². The van der Waals surface area contributed by atoms with Crippen LogP contribution >= 0.6 is 0 Å². The Labute approximate surface area is 198 Å². The van der Waals surface area contributed by atoms with Crippen LogP contribution in [0.15, 0.2) is 78.9 Å². The highest BCUT2D eigenvalue weighted by molar-refractivity contribution is 5.90. The Kier molecular flexibility index (Phi) is 6.92. The molecule has 0 spiro atoms. The van der Waals surface area contributed by atoms with Crippen molar-refractivity contribution in [3.8, 4) is 0 Å². The second-order valence-electron chi connectivity index (χ2n) is 8.37. The van der Waals surface area contributed by atoms with Crippen LogP contribution in [0.2, 0.25) is 0 Å². The van der Waals surface area contributed by atoms with E-state index in [1.54, 1.807) is 24.3 Å². The van der Waals surface area contributed by atoms with Crippen LogP contribution in [-0.2, 0) is 27.4 Å². The first-order valence-electron chi connectivity index (χ1n) is 11.1. The first-order valence-corrected chi connectivity index (χ1v) is 11.1. The molecule has 174 valence electrons. The molecule has 1 heterocycles. The Balaban J connectivity index is 1.62. The fourth-order valence-electron chi connectivity index (χ4n) is 3.99. The van der Waals surface area contributed by atoms with Crippen molar-refractivity contribution >= 4 is 23.6 Å². The summed E-state index contributed by atoms with van der Waals surface area (Å²) in [5.74, 6) is -0.518. The number of nitrogens with one attached hydrogen (secondary N) is 2. The molecular formula is C27H27N3O4. The number of ether oxygens (including phenoxy) is 1. The summed E-state index contributed by atoms with van der Waals surface area (Å²) < 4.78 is 5.72. The molecule has 2 atom stereocenters. The summed E-state index contributed by atoms with van der Waals surface area (Å²) in [6, 6.07) is 23.5. The van der Waals surface area contributed by atoms with Gasteiger partial charge in [-0.2, -0.15) is 0 Å². The topological polar surface area (TPSA) is 87.7 Å². The van der Waals surface area contributed by atoms with E-state index in [4.69, 9.17) is 4.74 Å². The van der Waals surface area contributed by atoms with E-state index in [0.29, 0.717) is 17.8 Å². The quantitative estimate of drug-likeness (QED) is 0.553. The lowest BCUT2D eigenvalue weighted by Gasteiger charge is -2.24. The number of carbonyl (C=O) groups is 3. The number of anilines is 1. The van der Waals surface area contributed by atoms with Crippen LogP contribution in [-0.4, -0.2) is 28.8 Å². The molecule has 0 radical (unpaired) electrons. The summed E-state index contributed by atoms with van der Waals surface area (Å²) in [6.45, 7) is 3.99. The highest BCUT2D eigenvalue weighted by atomic mass is 16.6. The van der Waals surface area contributed by atoms with Crippen molar-refractivity contribution in [3.63, 3.8) is 0 Å². The van der Waals surface area contributed by atoms with Gasteiger partial charge in [-0.25, -0.2) is 4.79 Å². The van der Waals surface area contributed by atoms with Gasteiger partial charge in [0.05, 0.1) is 6.54 Å². The van der Waals surface area contributed by atoms with Crippen molar-refractivity contribution in [3.05, 3.63) is 101 Å². The van der Waals surface area contributed by atoms with Crippen molar-refractivity contribution in [2.24, 2.45) is 0 Å². The van der Waals surface area contributed by atoms with E-state index in [1.165, 1.54) is 11.8 Å². The van der Waals surface area contributed by atoms with Gasteiger partial charge in [-0.1, -0.05) is 72.3 Å². The first kappa shape index (κ1) is 23.0. The normalized spacial score (nSPS) is 17.2. The number of hydrogen-bond donors (Lipinski definition) is 2. The molecule has 2 unspecified atom stereocenters. The Morgan fingerprint density at radius 1 is 0.941 bits per heavy atom. The van der Waals surface area contributed by atoms with E-state index in [9.17, 15) is 14.4 Å². The lowest BCUT2D eigenvalue weighted by Crippen LogP contribution is -2.46. The van der Waals surface area contributed by atoms with Crippen molar-refractivity contribution < 1.29 is 19.1 Å². The third kappa shape index (κ3) is 5.43. The molecule has 4 rings (SSSR count). The summed E-state index contributed by atoms with van der Waals surface area (Å²) in [5.41, 5.74) is 4.16. The molecule has 3 aromatic rings. The molecule has 1 aliphatic heterocycles. The molecule has 0 aliphatic carbocycles. The molecule has 0 aromatic heterocycles. The molecule has 1 aliphatic rings. The zero-order valence-electron chi connectivity index (χ0n) is 19.2. The van der Waals surface area contributed by atoms with Crippen LogP contribution in [0.1, 0.15) is 35.3 Å². The summed E-state index contributed by atoms with van der Waals surface area (Å²) in [6.07, 6.45) is -1.38. The van der Waals surface area contributed by atoms with Gasteiger partial charge in [-0.15, -0.1) is 0 Å². The SMILES string of the molecule is CC(=O)Nc1cccc(C2OC(=O)N(Cc3ccc(C)cc3)C2C(=O)NCc2ccccc2)c1. The number of cyclic esters (lactones) is 1. The van der Waals surface area contributed by atoms with Gasteiger partial charge in [0.2, 0.25) is 11.8 Å². The number of nitrogens with zero attached hydrogens (tertiary/aromatic N) is 1. The summed E-state index contributed by atoms with van der Waals surface area (Å²) >= 11 is 0. The van der Waals surface area contributed by atoms with E-state index in [1.807, 2.05) is 61.5 Å². The lowest BCUT2D eigenvalue weighted by atomic mass is 10.00. The van der Waals surface area contributed by atoms with Crippen LogP contribution in [0.3, 0.4) is 0 Å². The molecule has 0 bridgehead atoms. The molecule has 1 saturated heterocycles. The number of carbonyl (C=O) groups excluding carboxylic acids is 3. The Bertz CT molecular complexity index is 1180. The fraction of sp³-hybridized carbons (Fsp3) is 0.222. The maximum atomic E-state index is 13.4. The smallest absolute Gasteiger partial charge is 0.411 e. The lowest BCUT2D eigenvalue weighted by molar-refractivity contribution is -0.126. The largest absolute Gasteiger partial charge is 0.438 e. The van der Waals surface area contributed by atoms with Crippen LogP contribution in [0, 0.1) is 6.92 Å². The molecule has 7 heteroatoms. The average molecular weight is 458 g/mol. The van der Waals surface area contributed by atoms with Crippen LogP contribution in [0.5, 0.6) is 0 Å². The number of amides is 3. The highest BCUT2D eigenvalue weighted by Crippen LogP contribution is 2.35.